The molecule has 4 nitrogen and oxygen atoms in total. The minimum absolute atomic E-state index is 0.0332. The van der Waals surface area contributed by atoms with Gasteiger partial charge in [-0.25, -0.2) is 13.2 Å². The molecule has 0 bridgehead atoms. The maximum Gasteiger partial charge on any atom is 0.387 e. The van der Waals surface area contributed by atoms with E-state index in [-0.39, 0.29) is 34.5 Å². The summed E-state index contributed by atoms with van der Waals surface area (Å²) in [5.41, 5.74) is 0.496. The van der Waals surface area contributed by atoms with Crippen molar-refractivity contribution in [1.29, 1.82) is 0 Å². The molecule has 3 aromatic rings. The Morgan fingerprint density at radius 3 is 2.06 bits per heavy atom. The number of ether oxygens (including phenoxy) is 1. The number of alkyl halides is 2. The third kappa shape index (κ3) is 6.04. The topological polar surface area (TPSA) is 52.6 Å². The summed E-state index contributed by atoms with van der Waals surface area (Å²) in [6.45, 7) is -3.33. The number of hydrogen-bond donors (Lipinski definition) is 0. The van der Waals surface area contributed by atoms with E-state index in [4.69, 9.17) is 4.18 Å². The Morgan fingerprint density at radius 2 is 1.47 bits per heavy atom. The van der Waals surface area contributed by atoms with Crippen LogP contribution in [0.2, 0.25) is 0 Å². The second kappa shape index (κ2) is 11.0. The minimum Gasteiger partial charge on any atom is -0.429 e. The molecule has 0 aliphatic heterocycles. The van der Waals surface area contributed by atoms with E-state index in [1.807, 2.05) is 0 Å². The highest BCUT2D eigenvalue weighted by atomic mass is 32.2. The zero-order valence-electron chi connectivity index (χ0n) is 19.0. The largest absolute Gasteiger partial charge is 0.429 e. The Labute approximate surface area is 205 Å². The number of benzene rings is 3. The zero-order valence-corrected chi connectivity index (χ0v) is 19.8. The van der Waals surface area contributed by atoms with E-state index < -0.39 is 39.9 Å². The Hall–Kier alpha value is -2.98. The van der Waals surface area contributed by atoms with Gasteiger partial charge in [0.2, 0.25) is 0 Å². The van der Waals surface area contributed by atoms with E-state index in [1.165, 1.54) is 24.3 Å². The van der Waals surface area contributed by atoms with Crippen LogP contribution >= 0.6 is 0 Å². The Kier molecular flexibility index (Phi) is 7.94. The zero-order chi connectivity index (χ0) is 25.9. The van der Waals surface area contributed by atoms with Gasteiger partial charge in [-0.15, -0.1) is 0 Å². The van der Waals surface area contributed by atoms with Crippen molar-refractivity contribution in [2.75, 3.05) is 6.61 Å². The molecule has 192 valence electrons. The van der Waals surface area contributed by atoms with E-state index in [9.17, 15) is 30.4 Å². The van der Waals surface area contributed by atoms with Gasteiger partial charge in [0.25, 0.3) is 10.1 Å². The van der Waals surface area contributed by atoms with E-state index in [2.05, 4.69) is 4.74 Å². The van der Waals surface area contributed by atoms with Crippen LogP contribution in [0.3, 0.4) is 0 Å². The predicted molar refractivity (Wildman–Crippen MR) is 123 cm³/mol. The van der Waals surface area contributed by atoms with Crippen molar-refractivity contribution in [3.63, 3.8) is 0 Å². The molecule has 0 heterocycles. The van der Waals surface area contributed by atoms with E-state index in [0.29, 0.717) is 31.2 Å². The standard InChI is InChI=1S/C26H23F5O4S/c27-22-12-18(10-11-21(22)19-13-23(28)25(24(29)14-19)35-26(30)31)17-8-6-16(7-9-17)15-34-36(32,33)20-4-2-1-3-5-20/h1-5,10-14,16-17,26H,6-9,15H2/t16-,17-. The van der Waals surface area contributed by atoms with E-state index >= 15 is 0 Å². The van der Waals surface area contributed by atoms with Crippen molar-refractivity contribution >= 4 is 10.1 Å². The number of hydrogen-bond acceptors (Lipinski definition) is 4. The molecule has 0 saturated heterocycles. The smallest absolute Gasteiger partial charge is 0.387 e. The molecule has 1 aliphatic rings. The van der Waals surface area contributed by atoms with Crippen LogP contribution in [-0.4, -0.2) is 21.6 Å². The van der Waals surface area contributed by atoms with Crippen molar-refractivity contribution in [2.45, 2.75) is 43.1 Å². The fraction of sp³-hybridized carbons (Fsp3) is 0.308. The average molecular weight is 527 g/mol. The van der Waals surface area contributed by atoms with Gasteiger partial charge in [-0.1, -0.05) is 30.3 Å². The first-order valence-electron chi connectivity index (χ1n) is 11.3. The van der Waals surface area contributed by atoms with Crippen LogP contribution in [0.5, 0.6) is 5.75 Å². The molecule has 0 spiro atoms. The molecular weight excluding hydrogens is 503 g/mol. The lowest BCUT2D eigenvalue weighted by Crippen LogP contribution is -2.20. The van der Waals surface area contributed by atoms with Crippen LogP contribution in [0.15, 0.2) is 65.6 Å². The molecule has 0 atom stereocenters. The second-order valence-corrected chi connectivity index (χ2v) is 10.3. The summed E-state index contributed by atoms with van der Waals surface area (Å²) in [6, 6.07) is 13.8. The summed E-state index contributed by atoms with van der Waals surface area (Å²) in [7, 11) is -3.83. The molecule has 1 aliphatic carbocycles. The molecule has 0 N–H and O–H groups in total. The first-order valence-corrected chi connectivity index (χ1v) is 12.7. The molecule has 0 unspecified atom stereocenters. The average Bonchev–Trinajstić information content (AvgIpc) is 2.85. The van der Waals surface area contributed by atoms with Gasteiger partial charge in [-0.2, -0.15) is 17.2 Å². The predicted octanol–water partition coefficient (Wildman–Crippen LogP) is 7.05. The SMILES string of the molecule is O=S(=O)(OC[C@H]1CC[C@H](c2ccc(-c3cc(F)c(OC(F)F)c(F)c3)c(F)c2)CC1)c1ccccc1. The quantitative estimate of drug-likeness (QED) is 0.233. The van der Waals surface area contributed by atoms with Crippen LogP contribution in [0.4, 0.5) is 22.0 Å². The molecule has 0 aromatic heterocycles. The summed E-state index contributed by atoms with van der Waals surface area (Å²) < 4.78 is 101. The summed E-state index contributed by atoms with van der Waals surface area (Å²) in [5.74, 6) is -4.56. The first kappa shape index (κ1) is 26.1. The number of rotatable bonds is 8. The molecule has 10 heteroatoms. The monoisotopic (exact) mass is 526 g/mol. The van der Waals surface area contributed by atoms with Gasteiger partial charge in [0.15, 0.2) is 17.4 Å². The maximum atomic E-state index is 14.9. The Balaban J connectivity index is 1.38. The lowest BCUT2D eigenvalue weighted by molar-refractivity contribution is -0.0546. The van der Waals surface area contributed by atoms with Crippen molar-refractivity contribution in [3.05, 3.63) is 83.7 Å². The molecule has 36 heavy (non-hydrogen) atoms. The molecule has 0 radical (unpaired) electrons. The van der Waals surface area contributed by atoms with Crippen LogP contribution in [0.1, 0.15) is 37.2 Å². The van der Waals surface area contributed by atoms with Crippen molar-refractivity contribution in [3.8, 4) is 16.9 Å². The maximum absolute atomic E-state index is 14.9. The lowest BCUT2D eigenvalue weighted by Gasteiger charge is -2.28. The summed E-state index contributed by atoms with van der Waals surface area (Å²) in [5, 5.41) is 0. The van der Waals surface area contributed by atoms with Gasteiger partial charge in [-0.3, -0.25) is 4.18 Å². The molecule has 1 saturated carbocycles. The second-order valence-electron chi connectivity index (χ2n) is 8.66. The van der Waals surface area contributed by atoms with Crippen molar-refractivity contribution < 1.29 is 39.3 Å². The van der Waals surface area contributed by atoms with E-state index in [0.717, 1.165) is 12.1 Å². The molecule has 1 fully saturated rings. The Bertz CT molecular complexity index is 1280. The fourth-order valence-electron chi connectivity index (χ4n) is 4.44. The summed E-state index contributed by atoms with van der Waals surface area (Å²) in [6.07, 6.45) is 2.78. The molecule has 3 aromatic carbocycles. The highest BCUT2D eigenvalue weighted by Crippen LogP contribution is 2.38. The van der Waals surface area contributed by atoms with Gasteiger partial charge < -0.3 is 4.74 Å². The van der Waals surface area contributed by atoms with Gasteiger partial charge in [0, 0.05) is 5.56 Å². The van der Waals surface area contributed by atoms with Gasteiger partial charge >= 0.3 is 6.61 Å². The van der Waals surface area contributed by atoms with Crippen LogP contribution in [0, 0.1) is 23.4 Å². The summed E-state index contributed by atoms with van der Waals surface area (Å²) >= 11 is 0. The van der Waals surface area contributed by atoms with Crippen molar-refractivity contribution in [2.24, 2.45) is 5.92 Å². The third-order valence-corrected chi connectivity index (χ3v) is 7.61. The van der Waals surface area contributed by atoms with E-state index in [1.54, 1.807) is 24.3 Å². The van der Waals surface area contributed by atoms with Crippen LogP contribution in [0.25, 0.3) is 11.1 Å². The molecule has 0 amide bonds. The normalized spacial score (nSPS) is 18.4. The fourth-order valence-corrected chi connectivity index (χ4v) is 5.44. The lowest BCUT2D eigenvalue weighted by atomic mass is 9.79. The minimum atomic E-state index is -3.83. The van der Waals surface area contributed by atoms with Crippen molar-refractivity contribution in [1.82, 2.24) is 0 Å². The highest BCUT2D eigenvalue weighted by molar-refractivity contribution is 7.86. The van der Waals surface area contributed by atoms with Gasteiger partial charge in [0.05, 0.1) is 11.5 Å². The number of halogens is 5. The van der Waals surface area contributed by atoms with Crippen LogP contribution < -0.4 is 4.74 Å². The molecule has 4 rings (SSSR count). The summed E-state index contributed by atoms with van der Waals surface area (Å²) in [4.78, 5) is 0.102. The highest BCUT2D eigenvalue weighted by Gasteiger charge is 2.26. The van der Waals surface area contributed by atoms with Crippen LogP contribution in [-0.2, 0) is 14.3 Å². The third-order valence-electron chi connectivity index (χ3n) is 6.32. The molecular formula is C26H23F5O4S. The van der Waals surface area contributed by atoms with Gasteiger partial charge in [-0.05, 0) is 79.0 Å². The Morgan fingerprint density at radius 1 is 0.833 bits per heavy atom. The first-order chi connectivity index (χ1) is 17.1. The van der Waals surface area contributed by atoms with Gasteiger partial charge in [0.1, 0.15) is 5.82 Å².